The Morgan fingerprint density at radius 2 is 2.26 bits per heavy atom. The predicted molar refractivity (Wildman–Crippen MR) is 75.2 cm³/mol. The summed E-state index contributed by atoms with van der Waals surface area (Å²) in [6, 6.07) is 6.03. The fraction of sp³-hybridized carbons (Fsp3) is 0.417. The molecule has 2 rings (SSSR count). The van der Waals surface area contributed by atoms with Crippen LogP contribution in [0.2, 0.25) is 0 Å². The lowest BCUT2D eigenvalue weighted by Crippen LogP contribution is -2.21. The van der Waals surface area contributed by atoms with Crippen LogP contribution in [0, 0.1) is 6.92 Å². The van der Waals surface area contributed by atoms with E-state index in [1.807, 2.05) is 25.1 Å². The molecule has 0 saturated carbocycles. The van der Waals surface area contributed by atoms with Gasteiger partial charge in [-0.25, -0.2) is 0 Å². The Morgan fingerprint density at radius 1 is 1.42 bits per heavy atom. The Kier molecular flexibility index (Phi) is 5.00. The number of benzene rings is 1. The number of aryl methyl sites for hydroxylation is 1. The Labute approximate surface area is 120 Å². The highest BCUT2D eigenvalue weighted by molar-refractivity contribution is 9.10. The van der Waals surface area contributed by atoms with E-state index in [4.69, 9.17) is 4.74 Å². The van der Waals surface area contributed by atoms with Gasteiger partial charge < -0.3 is 10.1 Å². The molecule has 102 valence electrons. The van der Waals surface area contributed by atoms with E-state index in [9.17, 15) is 0 Å². The van der Waals surface area contributed by atoms with Gasteiger partial charge in [-0.3, -0.25) is 0 Å². The monoisotopic (exact) mass is 325 g/mol. The zero-order valence-corrected chi connectivity index (χ0v) is 12.5. The van der Waals surface area contributed by atoms with Crippen LogP contribution >= 0.6 is 15.9 Å². The summed E-state index contributed by atoms with van der Waals surface area (Å²) in [6.45, 7) is 4.06. The Morgan fingerprint density at radius 3 is 3.05 bits per heavy atom. The normalized spacial score (nSPS) is 10.9. The van der Waals surface area contributed by atoms with Gasteiger partial charge in [0.2, 0.25) is 0 Å². The molecule has 7 heteroatoms. The minimum atomic E-state index is 0.600. The molecular weight excluding hydrogens is 310 g/mol. The van der Waals surface area contributed by atoms with Crippen molar-refractivity contribution in [2.75, 3.05) is 20.3 Å². The summed E-state index contributed by atoms with van der Waals surface area (Å²) in [5.41, 5.74) is 2.09. The standard InChI is InChI=1S/C12H16BrN5O/c1-9-3-4-10(13)7-11(9)18-12(15-16-17-18)8-14-5-6-19-2/h3-4,7,14H,5-6,8H2,1-2H3. The molecule has 0 aliphatic rings. The molecule has 0 unspecified atom stereocenters. The van der Waals surface area contributed by atoms with Crippen molar-refractivity contribution in [2.24, 2.45) is 0 Å². The zero-order valence-electron chi connectivity index (χ0n) is 10.9. The molecule has 0 bridgehead atoms. The van der Waals surface area contributed by atoms with Crippen molar-refractivity contribution >= 4 is 15.9 Å². The quantitative estimate of drug-likeness (QED) is 0.815. The molecule has 0 saturated heterocycles. The van der Waals surface area contributed by atoms with Gasteiger partial charge in [-0.1, -0.05) is 22.0 Å². The number of ether oxygens (including phenoxy) is 1. The average molecular weight is 326 g/mol. The van der Waals surface area contributed by atoms with Crippen molar-refractivity contribution < 1.29 is 4.74 Å². The SMILES string of the molecule is COCCNCc1nnnn1-c1cc(Br)ccc1C. The maximum absolute atomic E-state index is 4.98. The molecule has 0 spiro atoms. The molecule has 0 amide bonds. The molecule has 1 heterocycles. The van der Waals surface area contributed by atoms with Crippen LogP contribution in [0.5, 0.6) is 0 Å². The summed E-state index contributed by atoms with van der Waals surface area (Å²) >= 11 is 3.47. The molecule has 0 aliphatic heterocycles. The number of nitrogens with one attached hydrogen (secondary N) is 1. The molecule has 1 aromatic carbocycles. The number of halogens is 1. The first kappa shape index (κ1) is 14.1. The van der Waals surface area contributed by atoms with Crippen molar-refractivity contribution in [3.05, 3.63) is 34.1 Å². The summed E-state index contributed by atoms with van der Waals surface area (Å²) in [7, 11) is 1.68. The van der Waals surface area contributed by atoms with E-state index in [0.717, 1.165) is 28.1 Å². The van der Waals surface area contributed by atoms with E-state index in [2.05, 4.69) is 36.8 Å². The topological polar surface area (TPSA) is 64.9 Å². The van der Waals surface area contributed by atoms with Gasteiger partial charge in [0, 0.05) is 18.1 Å². The molecule has 1 aromatic heterocycles. The number of hydrogen-bond donors (Lipinski definition) is 1. The number of rotatable bonds is 6. The minimum Gasteiger partial charge on any atom is -0.383 e. The van der Waals surface area contributed by atoms with E-state index >= 15 is 0 Å². The second kappa shape index (κ2) is 6.74. The molecular formula is C12H16BrN5O. The average Bonchev–Trinajstić information content (AvgIpc) is 2.86. The summed E-state index contributed by atoms with van der Waals surface area (Å²) in [5, 5.41) is 15.1. The van der Waals surface area contributed by atoms with E-state index in [1.165, 1.54) is 0 Å². The van der Waals surface area contributed by atoms with Crippen molar-refractivity contribution in [1.29, 1.82) is 0 Å². The third-order valence-corrected chi connectivity index (χ3v) is 3.19. The first-order valence-corrected chi connectivity index (χ1v) is 6.75. The molecule has 0 aliphatic carbocycles. The van der Waals surface area contributed by atoms with Gasteiger partial charge in [-0.05, 0) is 35.0 Å². The Balaban J connectivity index is 2.16. The van der Waals surface area contributed by atoms with Gasteiger partial charge in [0.15, 0.2) is 5.82 Å². The van der Waals surface area contributed by atoms with Crippen molar-refractivity contribution in [3.63, 3.8) is 0 Å². The highest BCUT2D eigenvalue weighted by Crippen LogP contribution is 2.19. The second-order valence-electron chi connectivity index (χ2n) is 4.11. The third-order valence-electron chi connectivity index (χ3n) is 2.70. The van der Waals surface area contributed by atoms with Gasteiger partial charge in [0.1, 0.15) is 0 Å². The van der Waals surface area contributed by atoms with Crippen molar-refractivity contribution in [1.82, 2.24) is 25.5 Å². The molecule has 0 atom stereocenters. The summed E-state index contributed by atoms with van der Waals surface area (Å²) in [6.07, 6.45) is 0. The first-order chi connectivity index (χ1) is 9.22. The van der Waals surface area contributed by atoms with Crippen molar-refractivity contribution in [3.8, 4) is 5.69 Å². The Bertz CT molecular complexity index is 543. The van der Waals surface area contributed by atoms with E-state index in [-0.39, 0.29) is 0 Å². The molecule has 1 N–H and O–H groups in total. The highest BCUT2D eigenvalue weighted by atomic mass is 79.9. The van der Waals surface area contributed by atoms with Gasteiger partial charge >= 0.3 is 0 Å². The number of tetrazole rings is 1. The van der Waals surface area contributed by atoms with E-state index in [1.54, 1.807) is 11.8 Å². The van der Waals surface area contributed by atoms with E-state index < -0.39 is 0 Å². The zero-order chi connectivity index (χ0) is 13.7. The molecule has 6 nitrogen and oxygen atoms in total. The third kappa shape index (κ3) is 3.59. The van der Waals surface area contributed by atoms with Crippen LogP contribution in [0.15, 0.2) is 22.7 Å². The van der Waals surface area contributed by atoms with Gasteiger partial charge in [-0.15, -0.1) is 5.10 Å². The van der Waals surface area contributed by atoms with Crippen molar-refractivity contribution in [2.45, 2.75) is 13.5 Å². The lowest BCUT2D eigenvalue weighted by atomic mass is 10.2. The lowest BCUT2D eigenvalue weighted by molar-refractivity contribution is 0.199. The number of nitrogens with zero attached hydrogens (tertiary/aromatic N) is 4. The minimum absolute atomic E-state index is 0.600. The second-order valence-corrected chi connectivity index (χ2v) is 5.02. The van der Waals surface area contributed by atoms with Gasteiger partial charge in [0.05, 0.1) is 18.8 Å². The maximum Gasteiger partial charge on any atom is 0.170 e. The van der Waals surface area contributed by atoms with Crippen LogP contribution in [0.3, 0.4) is 0 Å². The van der Waals surface area contributed by atoms with E-state index in [0.29, 0.717) is 13.2 Å². The summed E-state index contributed by atoms with van der Waals surface area (Å²) in [5.74, 6) is 0.775. The van der Waals surface area contributed by atoms with Gasteiger partial charge in [0.25, 0.3) is 0 Å². The molecule has 0 fully saturated rings. The van der Waals surface area contributed by atoms with Crippen LogP contribution in [0.25, 0.3) is 5.69 Å². The highest BCUT2D eigenvalue weighted by Gasteiger charge is 2.10. The summed E-state index contributed by atoms with van der Waals surface area (Å²) in [4.78, 5) is 0. The van der Waals surface area contributed by atoms with Crippen LogP contribution in [0.1, 0.15) is 11.4 Å². The van der Waals surface area contributed by atoms with Gasteiger partial charge in [-0.2, -0.15) is 4.68 Å². The first-order valence-electron chi connectivity index (χ1n) is 5.96. The number of aromatic nitrogens is 4. The predicted octanol–water partition coefficient (Wildman–Crippen LogP) is 1.47. The largest absolute Gasteiger partial charge is 0.383 e. The fourth-order valence-corrected chi connectivity index (χ4v) is 2.04. The Hall–Kier alpha value is -1.31. The summed E-state index contributed by atoms with van der Waals surface area (Å²) < 4.78 is 7.74. The van der Waals surface area contributed by atoms with Crippen LogP contribution < -0.4 is 5.32 Å². The molecule has 0 radical (unpaired) electrons. The fourth-order valence-electron chi connectivity index (χ4n) is 1.69. The molecule has 2 aromatic rings. The number of hydrogen-bond acceptors (Lipinski definition) is 5. The van der Waals surface area contributed by atoms with Crippen LogP contribution in [-0.2, 0) is 11.3 Å². The van der Waals surface area contributed by atoms with Crippen LogP contribution in [-0.4, -0.2) is 40.5 Å². The maximum atomic E-state index is 4.98. The lowest BCUT2D eigenvalue weighted by Gasteiger charge is -2.09. The smallest absolute Gasteiger partial charge is 0.170 e. The van der Waals surface area contributed by atoms with Crippen LogP contribution in [0.4, 0.5) is 0 Å². The molecule has 19 heavy (non-hydrogen) atoms. The number of methoxy groups -OCH3 is 1.